The third-order valence-electron chi connectivity index (χ3n) is 2.82. The molecule has 0 N–H and O–H groups in total. The molecule has 2 radical (unpaired) electrons. The van der Waals surface area contributed by atoms with Gasteiger partial charge in [0.1, 0.15) is 5.65 Å². The van der Waals surface area contributed by atoms with E-state index in [9.17, 15) is 0 Å². The zero-order chi connectivity index (χ0) is 10.5. The molecule has 0 unspecified atom stereocenters. The van der Waals surface area contributed by atoms with E-state index in [1.807, 2.05) is 39.7 Å². The van der Waals surface area contributed by atoms with Crippen LogP contribution in [0.5, 0.6) is 0 Å². The van der Waals surface area contributed by atoms with Gasteiger partial charge in [0.2, 0.25) is 0 Å². The first-order chi connectivity index (χ1) is 7.95. The van der Waals surface area contributed by atoms with Crippen molar-refractivity contribution < 1.29 is 52.8 Å². The van der Waals surface area contributed by atoms with Gasteiger partial charge in [0.15, 0.2) is 0 Å². The maximum atomic E-state index is 4.37. The Morgan fingerprint density at radius 3 is 2.89 bits per heavy atom. The van der Waals surface area contributed by atoms with Crippen molar-refractivity contribution in [2.45, 2.75) is 0 Å². The van der Waals surface area contributed by atoms with Gasteiger partial charge in [-0.3, -0.25) is 4.98 Å². The minimum atomic E-state index is 0. The molecule has 96 valence electrons. The first kappa shape index (κ1) is 16.4. The Balaban J connectivity index is 0.000000602. The Hall–Kier alpha value is -0.607. The molecule has 1 aromatic carbocycles. The summed E-state index contributed by atoms with van der Waals surface area (Å²) in [6.07, 6.45) is 7.38. The second-order valence-corrected chi connectivity index (χ2v) is 3.67. The molecule has 0 aliphatic rings. The van der Waals surface area contributed by atoms with E-state index in [0.29, 0.717) is 0 Å². The first-order valence-corrected chi connectivity index (χ1v) is 5.03. The number of hydrogen-bond donors (Lipinski definition) is 0. The molecule has 0 aliphatic heterocycles. The Labute approximate surface area is 149 Å². The fourth-order valence-electron chi connectivity index (χ4n) is 2.13. The van der Waals surface area contributed by atoms with E-state index in [4.69, 9.17) is 0 Å². The van der Waals surface area contributed by atoms with E-state index in [1.54, 1.807) is 6.20 Å². The van der Waals surface area contributed by atoms with Gasteiger partial charge in [-0.2, -0.15) is 0 Å². The Bertz CT molecular complexity index is 752. The molecule has 0 aliphatic carbocycles. The van der Waals surface area contributed by atoms with Gasteiger partial charge in [-0.05, 0) is 5.52 Å². The number of nitrogens with zero attached hydrogens (tertiary/aromatic N) is 4. The predicted octanol–water partition coefficient (Wildman–Crippen LogP) is 2.38. The van der Waals surface area contributed by atoms with Gasteiger partial charge in [0.05, 0.1) is 18.2 Å². The molecule has 3 heterocycles. The van der Waals surface area contributed by atoms with Gasteiger partial charge in [0.25, 0.3) is 0 Å². The van der Waals surface area contributed by atoms with Crippen molar-refractivity contribution in [1.82, 2.24) is 18.8 Å². The van der Waals surface area contributed by atoms with Crippen LogP contribution in [0, 0.1) is 13.5 Å². The van der Waals surface area contributed by atoms with Crippen molar-refractivity contribution >= 4 is 22.2 Å². The van der Waals surface area contributed by atoms with E-state index in [-0.39, 0.29) is 60.2 Å². The smallest absolute Gasteiger partial charge is 0.125 e. The van der Waals surface area contributed by atoms with Gasteiger partial charge < -0.3 is 16.2 Å². The van der Waals surface area contributed by atoms with Gasteiger partial charge in [-0.25, -0.2) is 4.98 Å². The molecule has 4 nitrogen and oxygen atoms in total. The Kier molecular flexibility index (Phi) is 5.39. The molecule has 6 heteroatoms. The van der Waals surface area contributed by atoms with E-state index < -0.39 is 0 Å². The van der Waals surface area contributed by atoms with Crippen LogP contribution in [0.15, 0.2) is 43.1 Å². The molecule has 4 rings (SSSR count). The normalized spacial score (nSPS) is 9.89. The summed E-state index contributed by atoms with van der Waals surface area (Å²) in [6.45, 7) is 0. The van der Waals surface area contributed by atoms with E-state index in [1.165, 1.54) is 0 Å². The molecule has 0 saturated heterocycles. The van der Waals surface area contributed by atoms with Crippen LogP contribution in [-0.4, -0.2) is 18.8 Å². The van der Waals surface area contributed by atoms with Crippen molar-refractivity contribution in [3.8, 4) is 0 Å². The molecule has 19 heavy (non-hydrogen) atoms. The van der Waals surface area contributed by atoms with Crippen LogP contribution in [0.3, 0.4) is 0 Å². The third-order valence-corrected chi connectivity index (χ3v) is 2.82. The largest absolute Gasteiger partial charge is 0.358 e. The molecule has 0 fully saturated rings. The van der Waals surface area contributed by atoms with Crippen LogP contribution in [-0.2, 0) is 52.8 Å². The standard InChI is InChI=1S/C12H7N4.CH3.Ir.Y/c1-2-4-10-9(3-1)12-14-5-6-15(12)11-7-13-8-16(10)11;;;/h1-2,4-8H;1H3;;/q2*-1;;. The zero-order valence-corrected chi connectivity index (χ0v) is 15.5. The fraction of sp³-hybridized carbons (Fsp3) is 0. The summed E-state index contributed by atoms with van der Waals surface area (Å²) < 4.78 is 4.06. The maximum Gasteiger partial charge on any atom is 0.125 e. The fourth-order valence-corrected chi connectivity index (χ4v) is 2.13. The third kappa shape index (κ3) is 2.29. The monoisotopic (exact) mass is 504 g/mol. The van der Waals surface area contributed by atoms with Gasteiger partial charge >= 0.3 is 0 Å². The molecule has 3 aromatic heterocycles. The van der Waals surface area contributed by atoms with Crippen molar-refractivity contribution in [3.63, 3.8) is 0 Å². The molecule has 0 spiro atoms. The van der Waals surface area contributed by atoms with Crippen LogP contribution >= 0.6 is 0 Å². The number of hydrogen-bond acceptors (Lipinski definition) is 2. The zero-order valence-electron chi connectivity index (χ0n) is 10.2. The summed E-state index contributed by atoms with van der Waals surface area (Å²) in [4.78, 5) is 8.55. The average Bonchev–Trinajstić information content (AvgIpc) is 2.98. The summed E-state index contributed by atoms with van der Waals surface area (Å²) in [6, 6.07) is 9.16. The summed E-state index contributed by atoms with van der Waals surface area (Å²) in [5.74, 6) is 0. The maximum absolute atomic E-state index is 4.37. The molecule has 0 atom stereocenters. The SMILES string of the molecule is [CH3-].[Ir].[Y].[c-]1cccc2c1c1nccn1c1cncn21. The van der Waals surface area contributed by atoms with Crippen molar-refractivity contribution in [3.05, 3.63) is 56.6 Å². The van der Waals surface area contributed by atoms with Crippen LogP contribution in [0.1, 0.15) is 0 Å². The Morgan fingerprint density at radius 1 is 1.21 bits per heavy atom. The molecule has 0 amide bonds. The number of benzene rings is 1. The number of fused-ring (bicyclic) bond motifs is 6. The summed E-state index contributed by atoms with van der Waals surface area (Å²) in [5.41, 5.74) is 3.01. The minimum absolute atomic E-state index is 0. The van der Waals surface area contributed by atoms with Gasteiger partial charge in [-0.15, -0.1) is 24.3 Å². The van der Waals surface area contributed by atoms with Gasteiger partial charge in [-0.1, -0.05) is 5.39 Å². The summed E-state index contributed by atoms with van der Waals surface area (Å²) in [5, 5.41) is 1.01. The number of imidazole rings is 2. The van der Waals surface area contributed by atoms with Crippen LogP contribution in [0.25, 0.3) is 22.2 Å². The molecule has 0 bridgehead atoms. The average molecular weight is 503 g/mol. The molecule has 4 aromatic rings. The molecule has 0 saturated carbocycles. The first-order valence-electron chi connectivity index (χ1n) is 5.03. The van der Waals surface area contributed by atoms with E-state index in [2.05, 4.69) is 22.1 Å². The second kappa shape index (κ2) is 6.23. The molecular weight excluding hydrogens is 493 g/mol. The minimum Gasteiger partial charge on any atom is -0.358 e. The van der Waals surface area contributed by atoms with Gasteiger partial charge in [0, 0.05) is 65.2 Å². The van der Waals surface area contributed by atoms with Crippen LogP contribution < -0.4 is 0 Å². The number of rotatable bonds is 0. The second-order valence-electron chi connectivity index (χ2n) is 3.67. The molecular formula is C13H10IrN4Y-2. The summed E-state index contributed by atoms with van der Waals surface area (Å²) >= 11 is 0. The van der Waals surface area contributed by atoms with Crippen molar-refractivity contribution in [2.24, 2.45) is 0 Å². The van der Waals surface area contributed by atoms with Crippen LogP contribution in [0.4, 0.5) is 0 Å². The van der Waals surface area contributed by atoms with E-state index >= 15 is 0 Å². The van der Waals surface area contributed by atoms with Crippen molar-refractivity contribution in [1.29, 1.82) is 0 Å². The topological polar surface area (TPSA) is 34.6 Å². The number of aromatic nitrogens is 4. The van der Waals surface area contributed by atoms with Crippen molar-refractivity contribution in [2.75, 3.05) is 0 Å². The Morgan fingerprint density at radius 2 is 2.05 bits per heavy atom. The quantitative estimate of drug-likeness (QED) is 0.346. The van der Waals surface area contributed by atoms with E-state index in [0.717, 1.165) is 22.2 Å². The summed E-state index contributed by atoms with van der Waals surface area (Å²) in [7, 11) is 0. The predicted molar refractivity (Wildman–Crippen MR) is 66.7 cm³/mol. The van der Waals surface area contributed by atoms with Crippen LogP contribution in [0.2, 0.25) is 0 Å².